The van der Waals surface area contributed by atoms with Crippen LogP contribution in [-0.2, 0) is 11.3 Å². The summed E-state index contributed by atoms with van der Waals surface area (Å²) in [6, 6.07) is 15.4. The van der Waals surface area contributed by atoms with Crippen LogP contribution >= 0.6 is 0 Å². The molecule has 2 aromatic heterocycles. The summed E-state index contributed by atoms with van der Waals surface area (Å²) in [4.78, 5) is 38.5. The number of carbonyl (C=O) groups excluding carboxylic acids is 2. The van der Waals surface area contributed by atoms with E-state index in [0.717, 1.165) is 48.9 Å². The van der Waals surface area contributed by atoms with E-state index in [4.69, 9.17) is 0 Å². The van der Waals surface area contributed by atoms with Crippen LogP contribution < -0.4 is 10.6 Å². The summed E-state index contributed by atoms with van der Waals surface area (Å²) in [5, 5.41) is 7.04. The number of para-hydroxylation sites is 1. The van der Waals surface area contributed by atoms with Gasteiger partial charge >= 0.3 is 0 Å². The van der Waals surface area contributed by atoms with E-state index in [1.165, 1.54) is 0 Å². The molecule has 0 aliphatic carbocycles. The number of aromatic nitrogens is 2. The third-order valence-electron chi connectivity index (χ3n) is 6.78. The molecule has 1 spiro atoms. The highest BCUT2D eigenvalue weighted by Crippen LogP contribution is 2.33. The minimum atomic E-state index is -0.454. The Bertz CT molecular complexity index is 1140. The van der Waals surface area contributed by atoms with Gasteiger partial charge in [0.1, 0.15) is 11.2 Å². The number of rotatable bonds is 6. The molecule has 2 aliphatic rings. The van der Waals surface area contributed by atoms with Crippen molar-refractivity contribution in [3.05, 3.63) is 72.2 Å². The summed E-state index contributed by atoms with van der Waals surface area (Å²) in [6.07, 6.45) is 5.18. The fraction of sp³-hybridized carbons (Fsp3) is 0.360. The first-order valence-electron chi connectivity index (χ1n) is 11.4. The molecule has 2 amide bonds. The molecule has 5 rings (SSSR count). The Morgan fingerprint density at radius 3 is 2.76 bits per heavy atom. The molecular formula is C25H28N6O2. The Morgan fingerprint density at radius 1 is 1.09 bits per heavy atom. The molecule has 0 unspecified atom stereocenters. The van der Waals surface area contributed by atoms with Crippen molar-refractivity contribution >= 4 is 22.7 Å². The predicted octanol–water partition coefficient (Wildman–Crippen LogP) is 1.78. The van der Waals surface area contributed by atoms with Crippen LogP contribution in [0.1, 0.15) is 28.9 Å². The number of fused-ring (bicyclic) bond motifs is 1. The van der Waals surface area contributed by atoms with Crippen LogP contribution in [0.5, 0.6) is 0 Å². The number of carbonyl (C=O) groups is 2. The Kier molecular flexibility index (Phi) is 6.02. The third-order valence-corrected chi connectivity index (χ3v) is 6.78. The Labute approximate surface area is 193 Å². The molecule has 4 heterocycles. The number of piperidine rings is 1. The van der Waals surface area contributed by atoms with Gasteiger partial charge in [-0.05, 0) is 36.6 Å². The van der Waals surface area contributed by atoms with E-state index < -0.39 is 5.54 Å². The van der Waals surface area contributed by atoms with Gasteiger partial charge in [-0.25, -0.2) is 4.98 Å². The topological polar surface area (TPSA) is 90.5 Å². The second-order valence-corrected chi connectivity index (χ2v) is 8.74. The van der Waals surface area contributed by atoms with Gasteiger partial charge in [-0.2, -0.15) is 0 Å². The van der Waals surface area contributed by atoms with Crippen molar-refractivity contribution in [2.75, 3.05) is 32.8 Å². The van der Waals surface area contributed by atoms with E-state index in [9.17, 15) is 9.59 Å². The highest BCUT2D eigenvalue weighted by Gasteiger charge is 2.49. The minimum Gasteiger partial charge on any atom is -0.349 e. The molecule has 0 bridgehead atoms. The first kappa shape index (κ1) is 21.5. The van der Waals surface area contributed by atoms with Crippen molar-refractivity contribution in [3.63, 3.8) is 0 Å². The molecule has 33 heavy (non-hydrogen) atoms. The summed E-state index contributed by atoms with van der Waals surface area (Å²) in [5.41, 5.74) is 1.91. The molecule has 170 valence electrons. The normalized spacial score (nSPS) is 18.5. The maximum Gasteiger partial charge on any atom is 0.269 e. The van der Waals surface area contributed by atoms with Crippen LogP contribution in [0.15, 0.2) is 60.9 Å². The molecule has 3 aromatic rings. The van der Waals surface area contributed by atoms with Crippen LogP contribution in [0, 0.1) is 0 Å². The molecule has 2 N–H and O–H groups in total. The number of likely N-dealkylation sites (tertiary alicyclic amines) is 1. The average Bonchev–Trinajstić information content (AvgIpc) is 3.15. The smallest absolute Gasteiger partial charge is 0.269 e. The second-order valence-electron chi connectivity index (χ2n) is 8.74. The summed E-state index contributed by atoms with van der Waals surface area (Å²) in [7, 11) is 0. The zero-order valence-corrected chi connectivity index (χ0v) is 18.5. The van der Waals surface area contributed by atoms with Crippen LogP contribution in [0.3, 0.4) is 0 Å². The zero-order valence-electron chi connectivity index (χ0n) is 18.5. The van der Waals surface area contributed by atoms with Crippen molar-refractivity contribution in [2.45, 2.75) is 24.9 Å². The standard InChI is InChI=1S/C25H28N6O2/c32-23(22-8-7-20-5-1-2-6-21(20)29-22)27-12-15-30-13-9-25(10-14-30)24(33)28-18-31(25)17-19-4-3-11-26-16-19/h1-8,11,16H,9-10,12-15,17-18H2,(H,27,32)(H,28,33). The lowest BCUT2D eigenvalue weighted by Crippen LogP contribution is -2.56. The first-order valence-corrected chi connectivity index (χ1v) is 11.4. The highest BCUT2D eigenvalue weighted by atomic mass is 16.2. The Hall–Kier alpha value is -3.36. The summed E-state index contributed by atoms with van der Waals surface area (Å²) in [5.74, 6) is -0.0335. The summed E-state index contributed by atoms with van der Waals surface area (Å²) in [6.45, 7) is 4.22. The van der Waals surface area contributed by atoms with Crippen molar-refractivity contribution in [3.8, 4) is 0 Å². The Balaban J connectivity index is 1.13. The molecule has 2 saturated heterocycles. The van der Waals surface area contributed by atoms with Gasteiger partial charge < -0.3 is 15.5 Å². The van der Waals surface area contributed by atoms with Gasteiger partial charge in [0.25, 0.3) is 5.91 Å². The molecule has 0 saturated carbocycles. The lowest BCUT2D eigenvalue weighted by atomic mass is 9.86. The highest BCUT2D eigenvalue weighted by molar-refractivity contribution is 5.94. The minimum absolute atomic E-state index is 0.127. The lowest BCUT2D eigenvalue weighted by molar-refractivity contribution is -0.129. The van der Waals surface area contributed by atoms with Gasteiger partial charge in [0.2, 0.25) is 5.91 Å². The number of pyridine rings is 2. The van der Waals surface area contributed by atoms with E-state index in [1.54, 1.807) is 12.3 Å². The van der Waals surface area contributed by atoms with E-state index in [2.05, 4.69) is 30.4 Å². The number of amides is 2. The maximum absolute atomic E-state index is 12.8. The summed E-state index contributed by atoms with van der Waals surface area (Å²) >= 11 is 0. The lowest BCUT2D eigenvalue weighted by Gasteiger charge is -2.42. The maximum atomic E-state index is 12.8. The van der Waals surface area contributed by atoms with Crippen molar-refractivity contribution < 1.29 is 9.59 Å². The van der Waals surface area contributed by atoms with Crippen molar-refractivity contribution in [1.82, 2.24) is 30.4 Å². The fourth-order valence-electron chi connectivity index (χ4n) is 4.85. The number of nitrogens with zero attached hydrogens (tertiary/aromatic N) is 4. The van der Waals surface area contributed by atoms with E-state index in [-0.39, 0.29) is 11.8 Å². The molecule has 2 fully saturated rings. The number of benzene rings is 1. The SMILES string of the molecule is O=C(NCCN1CCC2(CC1)C(=O)NCN2Cc1cccnc1)c1ccc2ccccc2n1. The van der Waals surface area contributed by atoms with Gasteiger partial charge in [-0.3, -0.25) is 19.5 Å². The largest absolute Gasteiger partial charge is 0.349 e. The number of hydrogen-bond acceptors (Lipinski definition) is 6. The van der Waals surface area contributed by atoms with Gasteiger partial charge in [0.15, 0.2) is 0 Å². The van der Waals surface area contributed by atoms with Crippen LogP contribution in [0.25, 0.3) is 10.9 Å². The molecule has 8 nitrogen and oxygen atoms in total. The quantitative estimate of drug-likeness (QED) is 0.603. The predicted molar refractivity (Wildman–Crippen MR) is 125 cm³/mol. The van der Waals surface area contributed by atoms with E-state index in [0.29, 0.717) is 25.5 Å². The average molecular weight is 445 g/mol. The molecule has 1 aromatic carbocycles. The second kappa shape index (κ2) is 9.25. The monoisotopic (exact) mass is 444 g/mol. The van der Waals surface area contributed by atoms with E-state index >= 15 is 0 Å². The first-order chi connectivity index (χ1) is 16.1. The molecule has 2 aliphatic heterocycles. The number of nitrogens with one attached hydrogen (secondary N) is 2. The van der Waals surface area contributed by atoms with Gasteiger partial charge in [0, 0.05) is 50.5 Å². The fourth-order valence-corrected chi connectivity index (χ4v) is 4.85. The van der Waals surface area contributed by atoms with E-state index in [1.807, 2.05) is 48.7 Å². The van der Waals surface area contributed by atoms with Gasteiger partial charge in [0.05, 0.1) is 12.2 Å². The van der Waals surface area contributed by atoms with Crippen molar-refractivity contribution in [1.29, 1.82) is 0 Å². The van der Waals surface area contributed by atoms with Crippen LogP contribution in [0.4, 0.5) is 0 Å². The number of hydrogen-bond donors (Lipinski definition) is 2. The zero-order chi connectivity index (χ0) is 22.7. The molecule has 0 radical (unpaired) electrons. The molecule has 0 atom stereocenters. The van der Waals surface area contributed by atoms with Gasteiger partial charge in [-0.1, -0.05) is 30.3 Å². The third kappa shape index (κ3) is 4.44. The van der Waals surface area contributed by atoms with Crippen molar-refractivity contribution in [2.24, 2.45) is 0 Å². The Morgan fingerprint density at radius 2 is 1.94 bits per heavy atom. The van der Waals surface area contributed by atoms with Crippen LogP contribution in [-0.4, -0.2) is 70.0 Å². The van der Waals surface area contributed by atoms with Crippen LogP contribution in [0.2, 0.25) is 0 Å². The molecular weight excluding hydrogens is 416 g/mol. The van der Waals surface area contributed by atoms with Gasteiger partial charge in [-0.15, -0.1) is 0 Å². The summed E-state index contributed by atoms with van der Waals surface area (Å²) < 4.78 is 0. The molecule has 8 heteroatoms.